The molecule has 1 heterocycles. The molecular formula is C31H32Cl2N2O6S. The first-order chi connectivity index (χ1) is 20.1. The van der Waals surface area contributed by atoms with E-state index in [1.807, 2.05) is 19.1 Å². The van der Waals surface area contributed by atoms with Gasteiger partial charge in [0, 0.05) is 10.0 Å². The number of aliphatic carboxylic acids is 1. The number of nitrogens with zero attached hydrogens (tertiary/aromatic N) is 2. The van der Waals surface area contributed by atoms with E-state index in [1.165, 1.54) is 4.31 Å². The first-order valence-electron chi connectivity index (χ1n) is 13.9. The molecule has 1 aliphatic carbocycles. The Balaban J connectivity index is 1.64. The van der Waals surface area contributed by atoms with Crippen LogP contribution in [0.2, 0.25) is 10.0 Å². The van der Waals surface area contributed by atoms with Crippen molar-refractivity contribution in [3.05, 3.63) is 100 Å². The van der Waals surface area contributed by atoms with Crippen LogP contribution >= 0.6 is 23.2 Å². The largest absolute Gasteiger partial charge is 0.481 e. The van der Waals surface area contributed by atoms with Crippen LogP contribution in [0.4, 0.5) is 5.69 Å². The van der Waals surface area contributed by atoms with Gasteiger partial charge in [0.05, 0.1) is 36.0 Å². The number of hydrogen-bond donors (Lipinski definition) is 1. The van der Waals surface area contributed by atoms with Crippen molar-refractivity contribution in [2.24, 2.45) is 0 Å². The SMILES string of the molecule is CCC(CN(c1ccccc1)S(=O)(=O)C1CC1)N1C(=O)[C@H](CC(=O)O)OC(c2cccc(Cl)c2)[C@H]1c1ccc(Cl)cc1. The number of hydrogen-bond acceptors (Lipinski definition) is 5. The Morgan fingerprint density at radius 3 is 2.29 bits per heavy atom. The molecular weight excluding hydrogens is 599 g/mol. The summed E-state index contributed by atoms with van der Waals surface area (Å²) in [5.74, 6) is -1.70. The summed E-state index contributed by atoms with van der Waals surface area (Å²) in [6.45, 7) is 1.89. The first kappa shape index (κ1) is 30.4. The molecule has 3 aromatic carbocycles. The molecule has 222 valence electrons. The van der Waals surface area contributed by atoms with Crippen LogP contribution in [0.25, 0.3) is 0 Å². The number of carbonyl (C=O) groups excluding carboxylic acids is 1. The summed E-state index contributed by atoms with van der Waals surface area (Å²) in [7, 11) is -3.70. The lowest BCUT2D eigenvalue weighted by Gasteiger charge is -2.48. The molecule has 11 heteroatoms. The summed E-state index contributed by atoms with van der Waals surface area (Å²) in [6, 6.07) is 21.6. The van der Waals surface area contributed by atoms with Gasteiger partial charge < -0.3 is 14.7 Å². The van der Waals surface area contributed by atoms with Gasteiger partial charge in [0.15, 0.2) is 0 Å². The third kappa shape index (κ3) is 6.44. The second kappa shape index (κ2) is 12.6. The Labute approximate surface area is 255 Å². The van der Waals surface area contributed by atoms with Gasteiger partial charge in [0.25, 0.3) is 5.91 Å². The van der Waals surface area contributed by atoms with Gasteiger partial charge in [-0.1, -0.05) is 72.6 Å². The first-order valence-corrected chi connectivity index (χ1v) is 16.1. The van der Waals surface area contributed by atoms with E-state index in [-0.39, 0.29) is 6.54 Å². The molecule has 2 fully saturated rings. The number of rotatable bonds is 11. The molecule has 1 N–H and O–H groups in total. The van der Waals surface area contributed by atoms with E-state index < -0.39 is 57.9 Å². The molecule has 2 unspecified atom stereocenters. The van der Waals surface area contributed by atoms with Crippen molar-refractivity contribution in [1.82, 2.24) is 4.90 Å². The third-order valence-corrected chi connectivity index (χ3v) is 10.5. The molecule has 5 rings (SSSR count). The Kier molecular flexibility index (Phi) is 9.13. The van der Waals surface area contributed by atoms with E-state index in [1.54, 1.807) is 71.6 Å². The highest BCUT2D eigenvalue weighted by molar-refractivity contribution is 7.93. The smallest absolute Gasteiger partial charge is 0.306 e. The van der Waals surface area contributed by atoms with Crippen molar-refractivity contribution >= 4 is 50.8 Å². The van der Waals surface area contributed by atoms with Crippen LogP contribution in [-0.4, -0.2) is 54.2 Å². The predicted molar refractivity (Wildman–Crippen MR) is 162 cm³/mol. The monoisotopic (exact) mass is 630 g/mol. The second-order valence-electron chi connectivity index (χ2n) is 10.6. The normalized spacial score (nSPS) is 21.6. The van der Waals surface area contributed by atoms with E-state index in [0.717, 1.165) is 0 Å². The fourth-order valence-electron chi connectivity index (χ4n) is 5.50. The highest BCUT2D eigenvalue weighted by Gasteiger charge is 2.49. The zero-order valence-electron chi connectivity index (χ0n) is 23.0. The maximum atomic E-state index is 14.2. The maximum Gasteiger partial charge on any atom is 0.306 e. The molecule has 0 spiro atoms. The van der Waals surface area contributed by atoms with Crippen molar-refractivity contribution in [3.8, 4) is 0 Å². The Bertz CT molecular complexity index is 1530. The molecule has 0 aromatic heterocycles. The van der Waals surface area contributed by atoms with Crippen molar-refractivity contribution in [1.29, 1.82) is 0 Å². The summed E-state index contributed by atoms with van der Waals surface area (Å²) in [4.78, 5) is 27.7. The summed E-state index contributed by atoms with van der Waals surface area (Å²) in [5.41, 5.74) is 1.89. The van der Waals surface area contributed by atoms with Crippen LogP contribution < -0.4 is 4.31 Å². The molecule has 8 nitrogen and oxygen atoms in total. The van der Waals surface area contributed by atoms with Crippen LogP contribution in [-0.2, 0) is 24.3 Å². The summed E-state index contributed by atoms with van der Waals surface area (Å²) >= 11 is 12.6. The highest BCUT2D eigenvalue weighted by atomic mass is 35.5. The number of sulfonamides is 1. The lowest BCUT2D eigenvalue weighted by molar-refractivity contribution is -0.183. The second-order valence-corrected chi connectivity index (χ2v) is 13.6. The number of carboxylic acids is 1. The lowest BCUT2D eigenvalue weighted by atomic mass is 9.89. The number of benzene rings is 3. The third-order valence-electron chi connectivity index (χ3n) is 7.71. The van der Waals surface area contributed by atoms with Crippen LogP contribution in [0, 0.1) is 0 Å². The molecule has 0 bridgehead atoms. The fraction of sp³-hybridized carbons (Fsp3) is 0.355. The molecule has 4 atom stereocenters. The molecule has 2 aliphatic rings. The van der Waals surface area contributed by atoms with Gasteiger partial charge in [-0.3, -0.25) is 13.9 Å². The minimum absolute atomic E-state index is 0.00274. The minimum Gasteiger partial charge on any atom is -0.481 e. The Morgan fingerprint density at radius 1 is 1.00 bits per heavy atom. The number of amides is 1. The van der Waals surface area contributed by atoms with E-state index >= 15 is 0 Å². The summed E-state index contributed by atoms with van der Waals surface area (Å²) in [6.07, 6.45) is -1.03. The maximum absolute atomic E-state index is 14.2. The number of ether oxygens (including phenoxy) is 1. The molecule has 0 radical (unpaired) electrons. The number of carbonyl (C=O) groups is 2. The van der Waals surface area contributed by atoms with E-state index in [0.29, 0.717) is 46.1 Å². The van der Waals surface area contributed by atoms with Crippen LogP contribution in [0.1, 0.15) is 55.9 Å². The quantitative estimate of drug-likeness (QED) is 0.268. The van der Waals surface area contributed by atoms with Gasteiger partial charge in [-0.2, -0.15) is 0 Å². The molecule has 1 saturated carbocycles. The van der Waals surface area contributed by atoms with E-state index in [4.69, 9.17) is 27.9 Å². The average molecular weight is 632 g/mol. The molecule has 3 aromatic rings. The van der Waals surface area contributed by atoms with Crippen molar-refractivity contribution in [3.63, 3.8) is 0 Å². The zero-order valence-corrected chi connectivity index (χ0v) is 25.3. The predicted octanol–water partition coefficient (Wildman–Crippen LogP) is 6.26. The van der Waals surface area contributed by atoms with Gasteiger partial charge in [-0.05, 0) is 66.8 Å². The zero-order chi connectivity index (χ0) is 30.0. The molecule has 1 amide bonds. The number of halogens is 2. The van der Waals surface area contributed by atoms with Crippen molar-refractivity contribution in [2.45, 2.75) is 62.1 Å². The fourth-order valence-corrected chi connectivity index (χ4v) is 7.71. The van der Waals surface area contributed by atoms with Crippen LogP contribution in [0.5, 0.6) is 0 Å². The Hall–Kier alpha value is -3.11. The summed E-state index contributed by atoms with van der Waals surface area (Å²) in [5, 5.41) is 10.2. The lowest BCUT2D eigenvalue weighted by Crippen LogP contribution is -2.58. The van der Waals surface area contributed by atoms with E-state index in [2.05, 4.69) is 0 Å². The summed E-state index contributed by atoms with van der Waals surface area (Å²) < 4.78 is 35.1. The van der Waals surface area contributed by atoms with Crippen molar-refractivity contribution in [2.75, 3.05) is 10.8 Å². The van der Waals surface area contributed by atoms with Crippen molar-refractivity contribution < 1.29 is 27.9 Å². The average Bonchev–Trinajstić information content (AvgIpc) is 3.82. The van der Waals surface area contributed by atoms with Gasteiger partial charge in [-0.25, -0.2) is 8.42 Å². The van der Waals surface area contributed by atoms with E-state index in [9.17, 15) is 23.1 Å². The van der Waals surface area contributed by atoms with Gasteiger partial charge in [0.2, 0.25) is 10.0 Å². The van der Waals surface area contributed by atoms with Gasteiger partial charge in [-0.15, -0.1) is 0 Å². The number of morpholine rings is 1. The van der Waals surface area contributed by atoms with Gasteiger partial charge in [0.1, 0.15) is 12.2 Å². The molecule has 42 heavy (non-hydrogen) atoms. The minimum atomic E-state index is -3.70. The molecule has 1 aliphatic heterocycles. The Morgan fingerprint density at radius 2 is 1.69 bits per heavy atom. The number of anilines is 1. The molecule has 1 saturated heterocycles. The topological polar surface area (TPSA) is 104 Å². The van der Waals surface area contributed by atoms with Crippen LogP contribution in [0.15, 0.2) is 78.9 Å². The van der Waals surface area contributed by atoms with Gasteiger partial charge >= 0.3 is 5.97 Å². The highest BCUT2D eigenvalue weighted by Crippen LogP contribution is 2.45. The van der Waals surface area contributed by atoms with Crippen LogP contribution in [0.3, 0.4) is 0 Å². The standard InChI is InChI=1S/C31H32Cl2N2O6S/c1-2-24(19-34(25-9-4-3-5-10-25)42(39,40)26-15-16-26)35-29(20-11-13-22(32)14-12-20)30(21-7-6-8-23(33)17-21)41-27(31(35)38)18-28(36)37/h3-14,17,24,26-27,29-30H,2,15-16,18-19H2,1H3,(H,36,37)/t24?,27-,29+,30?/m0/s1. The number of carboxylic acid groups (broad SMARTS) is 1. The number of para-hydroxylation sites is 1.